The predicted octanol–water partition coefficient (Wildman–Crippen LogP) is 1.34. The zero-order valence-electron chi connectivity index (χ0n) is 9.36. The number of nitrogens with two attached hydrogens (primary N) is 1. The lowest BCUT2D eigenvalue weighted by Crippen LogP contribution is -2.40. The summed E-state index contributed by atoms with van der Waals surface area (Å²) in [5, 5.41) is 9.66. The van der Waals surface area contributed by atoms with Crippen molar-refractivity contribution in [2.45, 2.75) is 25.9 Å². The van der Waals surface area contributed by atoms with Crippen molar-refractivity contribution in [2.75, 3.05) is 13.2 Å². The number of hydrogen-bond donors (Lipinski definition) is 2. The first-order valence-corrected chi connectivity index (χ1v) is 5.21. The molecule has 3 nitrogen and oxygen atoms in total. The van der Waals surface area contributed by atoms with Gasteiger partial charge in [-0.2, -0.15) is 0 Å². The summed E-state index contributed by atoms with van der Waals surface area (Å²) in [6.07, 6.45) is 0.977. The number of hydrogen-bond acceptors (Lipinski definition) is 3. The van der Waals surface area contributed by atoms with E-state index in [9.17, 15) is 5.11 Å². The molecule has 0 aliphatic heterocycles. The maximum absolute atomic E-state index is 9.66. The molecule has 15 heavy (non-hydrogen) atoms. The average Bonchev–Trinajstić information content (AvgIpc) is 2.27. The number of rotatable bonds is 5. The highest BCUT2D eigenvalue weighted by Crippen LogP contribution is 2.15. The summed E-state index contributed by atoms with van der Waals surface area (Å²) in [5.74, 6) is 0.781. The topological polar surface area (TPSA) is 55.5 Å². The molecule has 0 bridgehead atoms. The smallest absolute Gasteiger partial charge is 0.119 e. The van der Waals surface area contributed by atoms with Crippen molar-refractivity contribution in [3.8, 4) is 5.75 Å². The zero-order chi connectivity index (χ0) is 11.3. The fourth-order valence-electron chi connectivity index (χ4n) is 1.15. The molecule has 1 atom stereocenters. The molecule has 0 spiro atoms. The second-order valence-corrected chi connectivity index (χ2v) is 3.99. The van der Waals surface area contributed by atoms with Gasteiger partial charge in [-0.1, -0.05) is 19.1 Å². The van der Waals surface area contributed by atoms with Gasteiger partial charge in [0.25, 0.3) is 0 Å². The van der Waals surface area contributed by atoms with Crippen molar-refractivity contribution in [1.82, 2.24) is 0 Å². The minimum absolute atomic E-state index is 0.195. The highest BCUT2D eigenvalue weighted by Gasteiger charge is 2.18. The number of aliphatic hydroxyl groups is 1. The number of aryl methyl sites for hydroxylation is 1. The second kappa shape index (κ2) is 5.14. The summed E-state index contributed by atoms with van der Waals surface area (Å²) >= 11 is 0. The van der Waals surface area contributed by atoms with Crippen molar-refractivity contribution in [2.24, 2.45) is 5.73 Å². The molecule has 0 saturated heterocycles. The van der Waals surface area contributed by atoms with E-state index in [-0.39, 0.29) is 13.2 Å². The lowest BCUT2D eigenvalue weighted by Gasteiger charge is -2.21. The lowest BCUT2D eigenvalue weighted by molar-refractivity contribution is 0.0195. The predicted molar refractivity (Wildman–Crippen MR) is 61.0 cm³/mol. The van der Waals surface area contributed by atoms with Gasteiger partial charge in [-0.25, -0.2) is 0 Å². The molecule has 0 aliphatic carbocycles. The van der Waals surface area contributed by atoms with E-state index in [4.69, 9.17) is 10.5 Å². The van der Waals surface area contributed by atoms with E-state index < -0.39 is 5.60 Å². The molecule has 0 fully saturated rings. The Morgan fingerprint density at radius 1 is 1.47 bits per heavy atom. The Kier molecular flexibility index (Phi) is 4.12. The van der Waals surface area contributed by atoms with Crippen LogP contribution in [0, 0.1) is 0 Å². The van der Waals surface area contributed by atoms with Gasteiger partial charge in [-0.05, 0) is 31.0 Å². The van der Waals surface area contributed by atoms with Gasteiger partial charge < -0.3 is 15.6 Å². The van der Waals surface area contributed by atoms with Crippen LogP contribution in [-0.4, -0.2) is 23.9 Å². The average molecular weight is 209 g/mol. The van der Waals surface area contributed by atoms with E-state index in [1.165, 1.54) is 5.56 Å². The Hall–Kier alpha value is -1.06. The van der Waals surface area contributed by atoms with Crippen LogP contribution in [-0.2, 0) is 6.42 Å². The quantitative estimate of drug-likeness (QED) is 0.769. The van der Waals surface area contributed by atoms with Crippen molar-refractivity contribution in [1.29, 1.82) is 0 Å². The Morgan fingerprint density at radius 2 is 2.20 bits per heavy atom. The molecule has 84 valence electrons. The SMILES string of the molecule is CCc1cccc(OCC(C)(O)CN)c1. The van der Waals surface area contributed by atoms with Crippen LogP contribution < -0.4 is 10.5 Å². The van der Waals surface area contributed by atoms with Crippen LogP contribution in [0.5, 0.6) is 5.75 Å². The molecule has 1 aromatic rings. The third-order valence-electron chi connectivity index (χ3n) is 2.30. The summed E-state index contributed by atoms with van der Waals surface area (Å²) in [7, 11) is 0. The third-order valence-corrected chi connectivity index (χ3v) is 2.30. The van der Waals surface area contributed by atoms with Gasteiger partial charge in [-0.15, -0.1) is 0 Å². The molecule has 0 saturated carbocycles. The van der Waals surface area contributed by atoms with E-state index in [0.717, 1.165) is 12.2 Å². The van der Waals surface area contributed by atoms with E-state index in [2.05, 4.69) is 6.92 Å². The first-order valence-electron chi connectivity index (χ1n) is 5.21. The maximum Gasteiger partial charge on any atom is 0.119 e. The molecule has 1 unspecified atom stereocenters. The van der Waals surface area contributed by atoms with Crippen LogP contribution in [0.4, 0.5) is 0 Å². The van der Waals surface area contributed by atoms with Crippen molar-refractivity contribution >= 4 is 0 Å². The van der Waals surface area contributed by atoms with Gasteiger partial charge in [0.2, 0.25) is 0 Å². The molecule has 0 aliphatic rings. The number of benzene rings is 1. The lowest BCUT2D eigenvalue weighted by atomic mass is 10.1. The standard InChI is InChI=1S/C12H19NO2/c1-3-10-5-4-6-11(7-10)15-9-12(2,14)8-13/h4-7,14H,3,8-9,13H2,1-2H3. The minimum atomic E-state index is -0.956. The van der Waals surface area contributed by atoms with E-state index in [0.29, 0.717) is 0 Å². The molecule has 3 heteroatoms. The van der Waals surface area contributed by atoms with E-state index in [1.54, 1.807) is 6.92 Å². The van der Waals surface area contributed by atoms with Crippen molar-refractivity contribution < 1.29 is 9.84 Å². The van der Waals surface area contributed by atoms with Gasteiger partial charge >= 0.3 is 0 Å². The van der Waals surface area contributed by atoms with Gasteiger partial charge in [0, 0.05) is 6.54 Å². The zero-order valence-corrected chi connectivity index (χ0v) is 9.36. The van der Waals surface area contributed by atoms with Crippen LogP contribution in [0.25, 0.3) is 0 Å². The summed E-state index contributed by atoms with van der Waals surface area (Å²) < 4.78 is 5.47. The monoisotopic (exact) mass is 209 g/mol. The van der Waals surface area contributed by atoms with E-state index >= 15 is 0 Å². The van der Waals surface area contributed by atoms with Crippen LogP contribution in [0.1, 0.15) is 19.4 Å². The first kappa shape index (κ1) is 12.0. The molecule has 0 amide bonds. The third kappa shape index (κ3) is 3.90. The summed E-state index contributed by atoms with van der Waals surface area (Å²) in [6, 6.07) is 7.86. The normalized spacial score (nSPS) is 14.7. The van der Waals surface area contributed by atoms with E-state index in [1.807, 2.05) is 24.3 Å². The van der Waals surface area contributed by atoms with Gasteiger partial charge in [0.15, 0.2) is 0 Å². The summed E-state index contributed by atoms with van der Waals surface area (Å²) in [4.78, 5) is 0. The van der Waals surface area contributed by atoms with Crippen molar-refractivity contribution in [3.63, 3.8) is 0 Å². The largest absolute Gasteiger partial charge is 0.491 e. The van der Waals surface area contributed by atoms with Gasteiger partial charge in [0.1, 0.15) is 18.0 Å². The summed E-state index contributed by atoms with van der Waals surface area (Å²) in [5.41, 5.74) is 5.66. The molecule has 1 rings (SSSR count). The molecule has 3 N–H and O–H groups in total. The summed E-state index contributed by atoms with van der Waals surface area (Å²) in [6.45, 7) is 4.17. The van der Waals surface area contributed by atoms with Gasteiger partial charge in [-0.3, -0.25) is 0 Å². The maximum atomic E-state index is 9.66. The van der Waals surface area contributed by atoms with Crippen molar-refractivity contribution in [3.05, 3.63) is 29.8 Å². The number of ether oxygens (including phenoxy) is 1. The fourth-order valence-corrected chi connectivity index (χ4v) is 1.15. The highest BCUT2D eigenvalue weighted by molar-refractivity contribution is 5.28. The molecule has 0 aromatic heterocycles. The molecule has 1 aromatic carbocycles. The van der Waals surface area contributed by atoms with Crippen LogP contribution in [0.2, 0.25) is 0 Å². The van der Waals surface area contributed by atoms with Gasteiger partial charge in [0.05, 0.1) is 0 Å². The Morgan fingerprint density at radius 3 is 2.80 bits per heavy atom. The minimum Gasteiger partial charge on any atom is -0.491 e. The fraction of sp³-hybridized carbons (Fsp3) is 0.500. The van der Waals surface area contributed by atoms with Crippen LogP contribution in [0.15, 0.2) is 24.3 Å². The molecular formula is C12H19NO2. The first-order chi connectivity index (χ1) is 7.07. The Balaban J connectivity index is 2.57. The second-order valence-electron chi connectivity index (χ2n) is 3.99. The van der Waals surface area contributed by atoms with Crippen LogP contribution in [0.3, 0.4) is 0 Å². The molecule has 0 radical (unpaired) electrons. The van der Waals surface area contributed by atoms with Crippen LogP contribution >= 0.6 is 0 Å². The Labute approximate surface area is 90.9 Å². The highest BCUT2D eigenvalue weighted by atomic mass is 16.5. The Bertz CT molecular complexity index is 310. The molecular weight excluding hydrogens is 190 g/mol. The molecule has 0 heterocycles.